The minimum Gasteiger partial charge on any atom is -0.455 e. The van der Waals surface area contributed by atoms with Gasteiger partial charge in [-0.05, 0) is 55.0 Å². The van der Waals surface area contributed by atoms with Crippen molar-refractivity contribution in [1.29, 1.82) is 0 Å². The third-order valence-electron chi connectivity index (χ3n) is 10.6. The van der Waals surface area contributed by atoms with Gasteiger partial charge in [0.25, 0.3) is 5.91 Å². The molecule has 1 spiro atoms. The molecule has 1 unspecified atom stereocenters. The third kappa shape index (κ3) is 7.22. The highest BCUT2D eigenvalue weighted by molar-refractivity contribution is 9.09. The Balaban J connectivity index is 1.41. The van der Waals surface area contributed by atoms with Gasteiger partial charge in [-0.1, -0.05) is 101 Å². The molecular formula is C42H46BrN3O7. The second-order valence-electron chi connectivity index (χ2n) is 14.0. The van der Waals surface area contributed by atoms with Gasteiger partial charge in [-0.15, -0.1) is 13.2 Å². The first-order chi connectivity index (χ1) is 25.6. The Hall–Kier alpha value is -4.58. The van der Waals surface area contributed by atoms with Crippen LogP contribution < -0.4 is 10.2 Å². The van der Waals surface area contributed by atoms with Gasteiger partial charge < -0.3 is 29.7 Å². The van der Waals surface area contributed by atoms with E-state index in [9.17, 15) is 14.7 Å². The Morgan fingerprint density at radius 2 is 1.74 bits per heavy atom. The maximum absolute atomic E-state index is 15.2. The Kier molecular flexibility index (Phi) is 11.7. The summed E-state index contributed by atoms with van der Waals surface area (Å²) in [6.45, 7) is 11.2. The molecule has 0 aliphatic carbocycles. The maximum Gasteiger partial charge on any atom is 0.313 e. The molecule has 0 saturated carbocycles. The molecule has 3 heterocycles. The van der Waals surface area contributed by atoms with E-state index in [0.717, 1.165) is 11.1 Å². The summed E-state index contributed by atoms with van der Waals surface area (Å²) in [6.07, 6.45) is 2.69. The number of allylic oxidation sites excluding steroid dienone is 1. The molecule has 2 bridgehead atoms. The number of likely N-dealkylation sites (tertiary alicyclic amines) is 1. The lowest BCUT2D eigenvalue weighted by molar-refractivity contribution is -0.160. The summed E-state index contributed by atoms with van der Waals surface area (Å²) in [7, 11) is 0. The summed E-state index contributed by atoms with van der Waals surface area (Å²) in [5.74, 6) is -3.90. The standard InChI is InChI=1S/C42H46BrN3O7/c1-5-7-18-34(48)44-24-33(29-16-12-9-13-17-29)52-41(51)35-36-39(49)46(32(25-47)28-14-10-8-11-15-28)38(42(36)23-30(43)37(35)53-42)40(50)45(21-6-2)31-22-26(3)19-20-27(31)4/h5-6,8-17,19-20,22,30,32-33,35-38,47H,1-2,7,18,21,23-25H2,3-4H3,(H,44,48)/t30?,32-,33+,35-,36+,37-,38-,42+/m1/s1. The topological polar surface area (TPSA) is 125 Å². The van der Waals surface area contributed by atoms with E-state index >= 15 is 9.59 Å². The SMILES string of the molecule is C=CCCC(=O)NC[C@H](OC(=O)[C@H]1[C@@H]2O[C@@]3(CC2Br)[C@@H]1C(=O)N([C@H](CO)c1ccccc1)[C@@H]3C(=O)N(CC=C)c1cc(C)ccc1C)c1ccccc1. The van der Waals surface area contributed by atoms with Crippen LogP contribution in [0.4, 0.5) is 5.69 Å². The number of fused-ring (bicyclic) bond motifs is 1. The molecule has 3 aliphatic rings. The van der Waals surface area contributed by atoms with Crippen molar-refractivity contribution >= 4 is 45.3 Å². The van der Waals surface area contributed by atoms with Gasteiger partial charge >= 0.3 is 5.97 Å². The minimum atomic E-state index is -1.42. The van der Waals surface area contributed by atoms with Crippen LogP contribution in [0.5, 0.6) is 0 Å². The van der Waals surface area contributed by atoms with Crippen molar-refractivity contribution in [2.24, 2.45) is 11.8 Å². The second-order valence-corrected chi connectivity index (χ2v) is 15.2. The van der Waals surface area contributed by atoms with Crippen LogP contribution in [0.2, 0.25) is 0 Å². The fraction of sp³-hybridized carbons (Fsp3) is 0.381. The summed E-state index contributed by atoms with van der Waals surface area (Å²) >= 11 is 3.75. The molecule has 6 rings (SSSR count). The van der Waals surface area contributed by atoms with Gasteiger partial charge in [0.1, 0.15) is 17.7 Å². The quantitative estimate of drug-likeness (QED) is 0.116. The highest BCUT2D eigenvalue weighted by Crippen LogP contribution is 2.61. The molecule has 8 atom stereocenters. The van der Waals surface area contributed by atoms with Crippen LogP contribution in [0.3, 0.4) is 0 Å². The molecule has 53 heavy (non-hydrogen) atoms. The lowest BCUT2D eigenvalue weighted by atomic mass is 9.70. The highest BCUT2D eigenvalue weighted by atomic mass is 79.9. The number of alkyl halides is 1. The summed E-state index contributed by atoms with van der Waals surface area (Å²) in [4.78, 5) is 60.1. The number of rotatable bonds is 15. The van der Waals surface area contributed by atoms with E-state index in [0.29, 0.717) is 23.2 Å². The fourth-order valence-corrected chi connectivity index (χ4v) is 9.16. The first kappa shape index (κ1) is 38.2. The number of anilines is 1. The Morgan fingerprint density at radius 3 is 2.38 bits per heavy atom. The molecular weight excluding hydrogens is 738 g/mol. The van der Waals surface area contributed by atoms with Crippen molar-refractivity contribution in [3.63, 3.8) is 0 Å². The largest absolute Gasteiger partial charge is 0.455 e. The molecule has 3 fully saturated rings. The number of nitrogens with zero attached hydrogens (tertiary/aromatic N) is 2. The lowest BCUT2D eigenvalue weighted by Crippen LogP contribution is -2.57. The van der Waals surface area contributed by atoms with E-state index < -0.39 is 66.1 Å². The van der Waals surface area contributed by atoms with Gasteiger partial charge in [0, 0.05) is 23.5 Å². The van der Waals surface area contributed by atoms with E-state index in [-0.39, 0.29) is 36.7 Å². The minimum absolute atomic E-state index is 0.0195. The monoisotopic (exact) mass is 783 g/mol. The number of aliphatic hydroxyl groups excluding tert-OH is 1. The number of nitrogens with one attached hydrogen (secondary N) is 1. The predicted octanol–water partition coefficient (Wildman–Crippen LogP) is 5.67. The Bertz CT molecular complexity index is 1860. The number of carbonyl (C=O) groups is 4. The molecule has 0 radical (unpaired) electrons. The van der Waals surface area contributed by atoms with E-state index in [1.54, 1.807) is 29.2 Å². The van der Waals surface area contributed by atoms with Crippen LogP contribution in [0, 0.1) is 25.7 Å². The molecule has 11 heteroatoms. The van der Waals surface area contributed by atoms with Gasteiger partial charge in [-0.3, -0.25) is 19.2 Å². The van der Waals surface area contributed by atoms with Crippen LogP contribution in [-0.2, 0) is 28.7 Å². The molecule has 278 valence electrons. The zero-order valence-corrected chi connectivity index (χ0v) is 31.6. The number of benzene rings is 3. The molecule has 3 aromatic rings. The Morgan fingerprint density at radius 1 is 1.06 bits per heavy atom. The molecule has 3 saturated heterocycles. The van der Waals surface area contributed by atoms with Crippen LogP contribution in [0.25, 0.3) is 0 Å². The summed E-state index contributed by atoms with van der Waals surface area (Å²) < 4.78 is 13.0. The number of halogens is 1. The van der Waals surface area contributed by atoms with Gasteiger partial charge in [-0.2, -0.15) is 0 Å². The van der Waals surface area contributed by atoms with Crippen LogP contribution in [-0.4, -0.2) is 76.0 Å². The summed E-state index contributed by atoms with van der Waals surface area (Å²) in [5.41, 5.74) is 2.37. The van der Waals surface area contributed by atoms with E-state index in [2.05, 4.69) is 34.4 Å². The number of carbonyl (C=O) groups excluding carboxylic acids is 4. The molecule has 3 aromatic carbocycles. The van der Waals surface area contributed by atoms with Gasteiger partial charge in [-0.25, -0.2) is 0 Å². The fourth-order valence-electron chi connectivity index (χ4n) is 8.22. The van der Waals surface area contributed by atoms with Gasteiger partial charge in [0.2, 0.25) is 11.8 Å². The number of aliphatic hydroxyl groups is 1. The van der Waals surface area contributed by atoms with E-state index in [4.69, 9.17) is 9.47 Å². The van der Waals surface area contributed by atoms with Crippen molar-refractivity contribution in [3.8, 4) is 0 Å². The number of ether oxygens (including phenoxy) is 2. The molecule has 0 aromatic heterocycles. The van der Waals surface area contributed by atoms with Gasteiger partial charge in [0.05, 0.1) is 37.1 Å². The number of amides is 3. The number of hydrogen-bond donors (Lipinski definition) is 2. The summed E-state index contributed by atoms with van der Waals surface area (Å²) in [5, 5.41) is 13.8. The third-order valence-corrected chi connectivity index (χ3v) is 11.5. The maximum atomic E-state index is 15.2. The van der Waals surface area contributed by atoms with E-state index in [1.807, 2.05) is 80.6 Å². The van der Waals surface area contributed by atoms with Crippen molar-refractivity contribution in [2.45, 2.75) is 67.8 Å². The molecule has 3 aliphatic heterocycles. The molecule has 10 nitrogen and oxygen atoms in total. The predicted molar refractivity (Wildman–Crippen MR) is 205 cm³/mol. The number of esters is 1. The average molecular weight is 785 g/mol. The lowest BCUT2D eigenvalue weighted by Gasteiger charge is -2.39. The molecule has 3 amide bonds. The second kappa shape index (κ2) is 16.2. The zero-order valence-electron chi connectivity index (χ0n) is 30.0. The zero-order chi connectivity index (χ0) is 37.9. The van der Waals surface area contributed by atoms with Crippen LogP contribution >= 0.6 is 15.9 Å². The average Bonchev–Trinajstić information content (AvgIpc) is 3.76. The number of aryl methyl sites for hydroxylation is 2. The van der Waals surface area contributed by atoms with Crippen LogP contribution in [0.15, 0.2) is 104 Å². The van der Waals surface area contributed by atoms with E-state index in [1.165, 1.54) is 4.90 Å². The highest BCUT2D eigenvalue weighted by Gasteiger charge is 2.77. The first-order valence-corrected chi connectivity index (χ1v) is 18.9. The van der Waals surface area contributed by atoms with Crippen molar-refractivity contribution in [3.05, 3.63) is 126 Å². The van der Waals surface area contributed by atoms with Crippen molar-refractivity contribution in [1.82, 2.24) is 10.2 Å². The number of hydrogen-bond acceptors (Lipinski definition) is 7. The smallest absolute Gasteiger partial charge is 0.313 e. The van der Waals surface area contributed by atoms with Crippen LogP contribution in [0.1, 0.15) is 53.7 Å². The first-order valence-electron chi connectivity index (χ1n) is 18.0. The summed E-state index contributed by atoms with van der Waals surface area (Å²) in [6, 6.07) is 21.9. The van der Waals surface area contributed by atoms with Gasteiger partial charge in [0.15, 0.2) is 0 Å². The van der Waals surface area contributed by atoms with Crippen molar-refractivity contribution < 1.29 is 33.8 Å². The Labute approximate surface area is 319 Å². The molecule has 2 N–H and O–H groups in total. The normalized spacial score (nSPS) is 25.3. The van der Waals surface area contributed by atoms with Crippen molar-refractivity contribution in [2.75, 3.05) is 24.6 Å².